The van der Waals surface area contributed by atoms with E-state index in [1.807, 2.05) is 31.2 Å². The number of thiazole rings is 1. The van der Waals surface area contributed by atoms with E-state index in [1.165, 1.54) is 65.3 Å². The first kappa shape index (κ1) is 67.7. The van der Waals surface area contributed by atoms with Crippen molar-refractivity contribution in [3.05, 3.63) is 113 Å². The van der Waals surface area contributed by atoms with Gasteiger partial charge in [-0.2, -0.15) is 14.9 Å². The van der Waals surface area contributed by atoms with Gasteiger partial charge < -0.3 is 47.2 Å². The molecule has 75 heavy (non-hydrogen) atoms. The van der Waals surface area contributed by atoms with Crippen LogP contribution in [0, 0.1) is 11.8 Å². The van der Waals surface area contributed by atoms with Gasteiger partial charge >= 0.3 is 0 Å². The molecule has 21 heteroatoms. The van der Waals surface area contributed by atoms with Gasteiger partial charge in [0.1, 0.15) is 22.2 Å². The van der Waals surface area contributed by atoms with Gasteiger partial charge in [-0.15, -0.1) is 0 Å². The number of carboxylic acid groups (broad SMARTS) is 1. The molecule has 3 heterocycles. The Hall–Kier alpha value is -5.34. The summed E-state index contributed by atoms with van der Waals surface area (Å²) in [5.74, 6) is 1.54. The number of piperazine rings is 2. The Bertz CT molecular complexity index is 2530. The highest BCUT2D eigenvalue weighted by Crippen LogP contribution is 2.31. The van der Waals surface area contributed by atoms with Gasteiger partial charge in [0.2, 0.25) is 5.78 Å². The molecule has 0 saturated carbocycles. The Morgan fingerprint density at radius 3 is 1.64 bits per heavy atom. The van der Waals surface area contributed by atoms with Gasteiger partial charge in [-0.05, 0) is 103 Å². The molecular formula is C54H80BrN10O6PS3. The summed E-state index contributed by atoms with van der Waals surface area (Å²) < 4.78 is 0. The fraction of sp³-hybridized carbons (Fsp3) is 0.407. The Balaban J connectivity index is 0.000000581. The molecule has 0 bridgehead atoms. The van der Waals surface area contributed by atoms with Crippen molar-refractivity contribution >= 4 is 123 Å². The van der Waals surface area contributed by atoms with Gasteiger partial charge in [0, 0.05) is 106 Å². The van der Waals surface area contributed by atoms with Crippen LogP contribution in [-0.2, 0) is 4.79 Å². The van der Waals surface area contributed by atoms with Crippen molar-refractivity contribution in [3.8, 4) is 11.5 Å². The molecule has 0 amide bonds. The Morgan fingerprint density at radius 1 is 0.773 bits per heavy atom. The van der Waals surface area contributed by atoms with Crippen molar-refractivity contribution in [1.82, 2.24) is 14.8 Å². The van der Waals surface area contributed by atoms with Crippen LogP contribution < -0.4 is 31.9 Å². The van der Waals surface area contributed by atoms with Crippen LogP contribution in [0.2, 0.25) is 0 Å². The molecule has 0 spiro atoms. The number of thioether (sulfide) groups is 1. The second-order valence-electron chi connectivity index (χ2n) is 17.6. The summed E-state index contributed by atoms with van der Waals surface area (Å²) >= 11 is 11.0. The van der Waals surface area contributed by atoms with E-state index in [9.17, 15) is 14.7 Å². The average molecular weight is 1170 g/mol. The number of nitrogens with one attached hydrogen (secondary N) is 2. The zero-order valence-corrected chi connectivity index (χ0v) is 48.0. The van der Waals surface area contributed by atoms with Gasteiger partial charge in [0.25, 0.3) is 5.97 Å². The maximum Gasteiger partial charge on any atom is 0.300 e. The van der Waals surface area contributed by atoms with Crippen molar-refractivity contribution in [1.29, 1.82) is 0 Å². The quantitative estimate of drug-likeness (QED) is 0.0137. The minimum atomic E-state index is -0.833. The predicted molar refractivity (Wildman–Crippen MR) is 331 cm³/mol. The summed E-state index contributed by atoms with van der Waals surface area (Å²) in [7, 11) is 0. The van der Waals surface area contributed by atoms with Crippen molar-refractivity contribution in [2.75, 3.05) is 103 Å². The lowest BCUT2D eigenvalue weighted by Gasteiger charge is -2.36. The van der Waals surface area contributed by atoms with Gasteiger partial charge in [0.05, 0.1) is 5.33 Å². The second kappa shape index (κ2) is 35.1. The first-order valence-electron chi connectivity index (χ1n) is 23.7. The highest BCUT2D eigenvalue weighted by Gasteiger charge is 2.21. The number of alkyl halides is 1. The third kappa shape index (κ3) is 24.5. The monoisotopic (exact) mass is 1170 g/mol. The summed E-state index contributed by atoms with van der Waals surface area (Å²) in [5.41, 5.74) is 17.0. The molecule has 5 aromatic rings. The van der Waals surface area contributed by atoms with E-state index < -0.39 is 5.97 Å². The Labute approximate surface area is 470 Å². The number of carbonyl (C=O) groups is 3. The van der Waals surface area contributed by atoms with Crippen molar-refractivity contribution in [3.63, 3.8) is 0 Å². The molecule has 2 aliphatic rings. The Kier molecular flexibility index (Phi) is 31.7. The first-order valence-corrected chi connectivity index (χ1v) is 27.0. The molecule has 2 fully saturated rings. The summed E-state index contributed by atoms with van der Waals surface area (Å²) in [6.45, 7) is 23.2. The number of ketones is 2. The number of nitrogen functional groups attached to an aromatic ring is 1. The van der Waals surface area contributed by atoms with E-state index in [0.29, 0.717) is 37.3 Å². The van der Waals surface area contributed by atoms with Crippen molar-refractivity contribution in [2.45, 2.75) is 56.4 Å². The van der Waals surface area contributed by atoms with Gasteiger partial charge in [0.15, 0.2) is 21.2 Å². The molecule has 0 radical (unpaired) electrons. The number of aromatic nitrogens is 1. The number of aliphatic carboxylic acids is 1. The maximum absolute atomic E-state index is 12.7. The molecule has 1 aromatic heterocycles. The van der Waals surface area contributed by atoms with E-state index in [-0.39, 0.29) is 59.0 Å². The summed E-state index contributed by atoms with van der Waals surface area (Å²) in [6, 6.07) is 29.1. The number of phenolic OH excluding ortho intramolecular Hbond substituents is 2. The minimum absolute atomic E-state index is 0. The largest absolute Gasteiger partial charge is 0.508 e. The molecule has 1 unspecified atom stereocenters. The van der Waals surface area contributed by atoms with Crippen LogP contribution >= 0.6 is 61.1 Å². The number of hydrogen-bond donors (Lipinski definition) is 7. The van der Waals surface area contributed by atoms with E-state index in [2.05, 4.69) is 108 Å². The number of hydrogen-bond acceptors (Lipinski definition) is 15. The molecule has 2 aliphatic heterocycles. The number of nitrogens with zero attached hydrogens (tertiary/aromatic N) is 6. The maximum atomic E-state index is 12.7. The number of benzene rings is 4. The summed E-state index contributed by atoms with van der Waals surface area (Å²) in [5, 5.41) is 34.1. The number of carboxylic acids is 1. The number of carbonyl (C=O) groups excluding carboxylic acids is 2. The zero-order chi connectivity index (χ0) is 52.7. The number of rotatable bonds is 14. The molecule has 4 aromatic carbocycles. The van der Waals surface area contributed by atoms with Crippen LogP contribution in [0.3, 0.4) is 0 Å². The molecule has 16 nitrogen and oxygen atoms in total. The third-order valence-electron chi connectivity index (χ3n) is 10.7. The predicted octanol–water partition coefficient (Wildman–Crippen LogP) is 10.8. The van der Waals surface area contributed by atoms with Crippen LogP contribution in [0.25, 0.3) is 0 Å². The average Bonchev–Trinajstić information content (AvgIpc) is 3.71. The van der Waals surface area contributed by atoms with Crippen LogP contribution in [0.1, 0.15) is 82.0 Å². The molecule has 7 rings (SSSR count). The van der Waals surface area contributed by atoms with E-state index in [4.69, 9.17) is 38.7 Å². The summed E-state index contributed by atoms with van der Waals surface area (Å²) in [4.78, 5) is 51.5. The smallest absolute Gasteiger partial charge is 0.300 e. The first-order chi connectivity index (χ1) is 34.3. The summed E-state index contributed by atoms with van der Waals surface area (Å²) in [6.07, 6.45) is 0. The van der Waals surface area contributed by atoms with Crippen LogP contribution in [-0.4, -0.2) is 134 Å². The topological polar surface area (TPSA) is 226 Å². The number of aromatic hydroxyl groups is 2. The number of nitrogens with two attached hydrogens (primary N) is 2. The van der Waals surface area contributed by atoms with Gasteiger partial charge in [-0.1, -0.05) is 113 Å². The second-order valence-corrected chi connectivity index (χ2v) is 20.9. The lowest BCUT2D eigenvalue weighted by Crippen LogP contribution is -2.47. The molecule has 412 valence electrons. The minimum Gasteiger partial charge on any atom is -0.508 e. The lowest BCUT2D eigenvalue weighted by atomic mass is 10.1. The van der Waals surface area contributed by atoms with E-state index >= 15 is 0 Å². The number of Topliss-reactive ketones (excluding diaryl/α,β-unsaturated/α-hetero) is 1. The fourth-order valence-corrected chi connectivity index (χ4v) is 9.48. The Morgan fingerprint density at radius 2 is 1.21 bits per heavy atom. The number of anilines is 6. The van der Waals surface area contributed by atoms with Crippen LogP contribution in [0.15, 0.2) is 102 Å². The number of amidine groups is 1. The van der Waals surface area contributed by atoms with E-state index in [1.54, 1.807) is 24.3 Å². The van der Waals surface area contributed by atoms with Crippen LogP contribution in [0.4, 0.5) is 33.7 Å². The highest BCUT2D eigenvalue weighted by molar-refractivity contribution is 9.09. The molecule has 0 aliphatic carbocycles. The SMILES string of the molecule is C.C.CC(=O)O.CC(C)CN1CCN(c2ccc(Nc3nc(N)c(C(=O)c4cccc(O)c4)s3)cc2)CC1.CCSC(N)=NC(=S)Nc1ccc(N2CCN(CC(C)C)CC2)cc1.O=C(CBr)c1cccc(O)c1.P. The standard InChI is InChI=1S/C24H29N5O2S.C18H29N5S2.C8H7BrO2.C2H4O2.2CH4.H3P/c1-16(2)15-28-10-12-29(13-11-28)19-8-6-18(7-9-19)26-24-27-23(25)22(32-24)21(31)17-4-3-5-20(30)14-17;1-4-25-17(19)21-18(24)20-15-5-7-16(8-6-15)23-11-9-22(10-12-23)13-14(2)3;9-5-8(11)6-2-1-3-7(10)4-6;1-2(3)4;;;/h3-9,14,16,30H,10-13,15,25H2,1-2H3,(H,26,27);5-8,14H,4,9-13H2,1-3H3,(H3,19,20,21,24);1-4,10H,5H2;1H3,(H,3,4);2*1H4;1H3. The molecule has 9 N–H and O–H groups in total. The molecule has 2 saturated heterocycles. The van der Waals surface area contributed by atoms with Crippen LogP contribution in [0.5, 0.6) is 11.5 Å². The normalized spacial score (nSPS) is 13.4. The van der Waals surface area contributed by atoms with Gasteiger partial charge in [-0.25, -0.2) is 4.98 Å². The molecule has 1 atom stereocenters. The van der Waals surface area contributed by atoms with Gasteiger partial charge in [-0.3, -0.25) is 24.2 Å². The fourth-order valence-electron chi connectivity index (χ4n) is 7.56. The highest BCUT2D eigenvalue weighted by atomic mass is 79.9. The number of halogens is 1. The zero-order valence-electron chi connectivity index (χ0n) is 42.6. The third-order valence-corrected chi connectivity index (χ3v) is 13.1. The van der Waals surface area contributed by atoms with E-state index in [0.717, 1.165) is 88.9 Å². The number of aliphatic imine (C=N–C) groups is 1. The van der Waals surface area contributed by atoms with Crippen molar-refractivity contribution in [2.24, 2.45) is 22.6 Å². The van der Waals surface area contributed by atoms with Crippen molar-refractivity contribution < 1.29 is 29.7 Å². The lowest BCUT2D eigenvalue weighted by molar-refractivity contribution is -0.134. The molecular weight excluding hydrogens is 1090 g/mol. The number of phenols is 2. The number of thiocarbonyl (C=S) groups is 1.